The quantitative estimate of drug-likeness (QED) is 0.729. The Balaban J connectivity index is 2.14. The lowest BCUT2D eigenvalue weighted by Crippen LogP contribution is -2.41. The van der Waals surface area contributed by atoms with Crippen molar-refractivity contribution in [2.75, 3.05) is 13.2 Å². The number of alkyl halides is 3. The topological polar surface area (TPSA) is 42.4 Å². The molecule has 1 saturated carbocycles. The molecule has 0 radical (unpaired) electrons. The van der Waals surface area contributed by atoms with E-state index in [1.807, 2.05) is 0 Å². The molecule has 25 heavy (non-hydrogen) atoms. The summed E-state index contributed by atoms with van der Waals surface area (Å²) in [4.78, 5) is 18.1. The Kier molecular flexibility index (Phi) is 6.54. The minimum absolute atomic E-state index is 0.0530. The number of aromatic nitrogens is 1. The van der Waals surface area contributed by atoms with Gasteiger partial charge in [-0.05, 0) is 18.9 Å². The molecule has 0 atom stereocenters. The molecule has 136 valence electrons. The largest absolute Gasteiger partial charge is 0.467 e. The zero-order valence-electron chi connectivity index (χ0n) is 13.5. The first-order valence-electron chi connectivity index (χ1n) is 7.91. The van der Waals surface area contributed by atoms with Gasteiger partial charge in [-0.2, -0.15) is 13.2 Å². The Morgan fingerprint density at radius 1 is 1.40 bits per heavy atom. The first-order valence-corrected chi connectivity index (χ1v) is 8.29. The SMILES string of the molecule is C#CCN(C(=O)c1cnc(OCC(F)(F)F)c(Cl)c1)C1CCCCC1. The van der Waals surface area contributed by atoms with E-state index in [9.17, 15) is 18.0 Å². The number of rotatable bonds is 5. The summed E-state index contributed by atoms with van der Waals surface area (Å²) >= 11 is 5.90. The number of ether oxygens (including phenoxy) is 1. The summed E-state index contributed by atoms with van der Waals surface area (Å²) in [6.07, 6.45) is 6.98. The fourth-order valence-electron chi connectivity index (χ4n) is 2.82. The Bertz CT molecular complexity index is 652. The number of pyridine rings is 1. The summed E-state index contributed by atoms with van der Waals surface area (Å²) in [5, 5.41) is -0.153. The maximum absolute atomic E-state index is 12.7. The third-order valence-electron chi connectivity index (χ3n) is 3.96. The standard InChI is InChI=1S/C17H18ClF3N2O2/c1-2-8-23(13-6-4-3-5-7-13)16(24)12-9-14(18)15(22-10-12)25-11-17(19,20)21/h1,9-10,13H,3-8,11H2. The number of halogens is 4. The predicted molar refractivity (Wildman–Crippen MR) is 87.5 cm³/mol. The number of nitrogens with zero attached hydrogens (tertiary/aromatic N) is 2. The molecule has 0 aliphatic heterocycles. The fourth-order valence-corrected chi connectivity index (χ4v) is 3.04. The molecule has 1 heterocycles. The van der Waals surface area contributed by atoms with E-state index in [-0.39, 0.29) is 35.0 Å². The summed E-state index contributed by atoms with van der Waals surface area (Å²) in [6, 6.07) is 1.31. The molecule has 1 aliphatic rings. The highest BCUT2D eigenvalue weighted by Gasteiger charge is 2.30. The van der Waals surface area contributed by atoms with Crippen LogP contribution in [0.3, 0.4) is 0 Å². The van der Waals surface area contributed by atoms with Crippen LogP contribution in [0.25, 0.3) is 0 Å². The molecular formula is C17H18ClF3N2O2. The molecule has 1 amide bonds. The van der Waals surface area contributed by atoms with Crippen molar-refractivity contribution in [2.24, 2.45) is 0 Å². The van der Waals surface area contributed by atoms with Crippen molar-refractivity contribution in [1.82, 2.24) is 9.88 Å². The van der Waals surface area contributed by atoms with E-state index >= 15 is 0 Å². The Morgan fingerprint density at radius 2 is 2.08 bits per heavy atom. The van der Waals surface area contributed by atoms with Gasteiger partial charge in [-0.25, -0.2) is 4.98 Å². The Labute approximate surface area is 149 Å². The van der Waals surface area contributed by atoms with Crippen molar-refractivity contribution in [2.45, 2.75) is 44.3 Å². The molecule has 0 saturated heterocycles. The number of carbonyl (C=O) groups excluding carboxylic acids is 1. The van der Waals surface area contributed by atoms with Gasteiger partial charge in [-0.3, -0.25) is 4.79 Å². The van der Waals surface area contributed by atoms with Crippen LogP contribution in [0.4, 0.5) is 13.2 Å². The van der Waals surface area contributed by atoms with Crippen LogP contribution in [0.1, 0.15) is 42.5 Å². The van der Waals surface area contributed by atoms with Crippen molar-refractivity contribution in [3.05, 3.63) is 22.8 Å². The lowest BCUT2D eigenvalue weighted by molar-refractivity contribution is -0.154. The van der Waals surface area contributed by atoms with E-state index < -0.39 is 12.8 Å². The molecule has 1 aromatic heterocycles. The lowest BCUT2D eigenvalue weighted by atomic mass is 9.93. The molecule has 4 nitrogen and oxygen atoms in total. The van der Waals surface area contributed by atoms with Gasteiger partial charge in [0, 0.05) is 12.2 Å². The summed E-state index contributed by atoms with van der Waals surface area (Å²) in [5.41, 5.74) is 0.171. The molecule has 0 N–H and O–H groups in total. The highest BCUT2D eigenvalue weighted by atomic mass is 35.5. The zero-order chi connectivity index (χ0) is 18.4. The summed E-state index contributed by atoms with van der Waals surface area (Å²) in [6.45, 7) is -1.34. The minimum Gasteiger partial charge on any atom is -0.467 e. The number of amides is 1. The van der Waals surface area contributed by atoms with Gasteiger partial charge in [-0.1, -0.05) is 36.8 Å². The minimum atomic E-state index is -4.50. The second kappa shape index (κ2) is 8.43. The monoisotopic (exact) mass is 374 g/mol. The average Bonchev–Trinajstić information content (AvgIpc) is 2.58. The Hall–Kier alpha value is -1.94. The molecule has 0 unspecified atom stereocenters. The molecular weight excluding hydrogens is 357 g/mol. The highest BCUT2D eigenvalue weighted by molar-refractivity contribution is 6.32. The van der Waals surface area contributed by atoms with Crippen LogP contribution in [0, 0.1) is 12.3 Å². The zero-order valence-corrected chi connectivity index (χ0v) is 14.2. The van der Waals surface area contributed by atoms with Crippen LogP contribution < -0.4 is 4.74 Å². The average molecular weight is 375 g/mol. The van der Waals surface area contributed by atoms with Gasteiger partial charge in [0.25, 0.3) is 5.91 Å². The second-order valence-corrected chi connectivity index (χ2v) is 6.25. The van der Waals surface area contributed by atoms with Gasteiger partial charge in [0.1, 0.15) is 5.02 Å². The van der Waals surface area contributed by atoms with Crippen molar-refractivity contribution < 1.29 is 22.7 Å². The third kappa shape index (κ3) is 5.53. The maximum Gasteiger partial charge on any atom is 0.422 e. The summed E-state index contributed by atoms with van der Waals surface area (Å²) in [7, 11) is 0. The van der Waals surface area contributed by atoms with Crippen molar-refractivity contribution in [1.29, 1.82) is 0 Å². The molecule has 1 fully saturated rings. The molecule has 1 aliphatic carbocycles. The molecule has 2 rings (SSSR count). The molecule has 8 heteroatoms. The number of hydrogen-bond donors (Lipinski definition) is 0. The molecule has 0 bridgehead atoms. The smallest absolute Gasteiger partial charge is 0.422 e. The van der Waals surface area contributed by atoms with Gasteiger partial charge < -0.3 is 9.64 Å². The Morgan fingerprint density at radius 3 is 2.64 bits per heavy atom. The third-order valence-corrected chi connectivity index (χ3v) is 4.24. The van der Waals surface area contributed by atoms with E-state index in [1.165, 1.54) is 6.07 Å². The van der Waals surface area contributed by atoms with E-state index in [2.05, 4.69) is 15.6 Å². The maximum atomic E-state index is 12.7. The number of hydrogen-bond acceptors (Lipinski definition) is 3. The van der Waals surface area contributed by atoms with Crippen LogP contribution in [0.2, 0.25) is 5.02 Å². The molecule has 0 spiro atoms. The van der Waals surface area contributed by atoms with Gasteiger partial charge >= 0.3 is 6.18 Å². The van der Waals surface area contributed by atoms with Crippen LogP contribution in [0.15, 0.2) is 12.3 Å². The fraction of sp³-hybridized carbons (Fsp3) is 0.529. The van der Waals surface area contributed by atoms with Gasteiger partial charge in [0.15, 0.2) is 6.61 Å². The lowest BCUT2D eigenvalue weighted by Gasteiger charge is -2.33. The number of carbonyl (C=O) groups is 1. The first kappa shape index (κ1) is 19.4. The summed E-state index contributed by atoms with van der Waals surface area (Å²) < 4.78 is 41.1. The van der Waals surface area contributed by atoms with Crippen LogP contribution >= 0.6 is 11.6 Å². The van der Waals surface area contributed by atoms with Crippen LogP contribution in [0.5, 0.6) is 5.88 Å². The molecule has 0 aromatic carbocycles. The van der Waals surface area contributed by atoms with E-state index in [4.69, 9.17) is 18.0 Å². The van der Waals surface area contributed by atoms with Crippen molar-refractivity contribution in [3.8, 4) is 18.2 Å². The highest BCUT2D eigenvalue weighted by Crippen LogP contribution is 2.27. The van der Waals surface area contributed by atoms with E-state index in [0.29, 0.717) is 0 Å². The predicted octanol–water partition coefficient (Wildman–Crippen LogP) is 4.08. The molecule has 1 aromatic rings. The van der Waals surface area contributed by atoms with Gasteiger partial charge in [0.2, 0.25) is 5.88 Å². The van der Waals surface area contributed by atoms with Crippen LogP contribution in [-0.2, 0) is 0 Å². The number of terminal acetylenes is 1. The second-order valence-electron chi connectivity index (χ2n) is 5.84. The summed E-state index contributed by atoms with van der Waals surface area (Å²) in [5.74, 6) is 1.78. The van der Waals surface area contributed by atoms with Gasteiger partial charge in [0.05, 0.1) is 12.1 Å². The van der Waals surface area contributed by atoms with E-state index in [1.54, 1.807) is 4.90 Å². The van der Waals surface area contributed by atoms with Gasteiger partial charge in [-0.15, -0.1) is 6.42 Å². The first-order chi connectivity index (χ1) is 11.8. The van der Waals surface area contributed by atoms with Crippen molar-refractivity contribution >= 4 is 17.5 Å². The van der Waals surface area contributed by atoms with Crippen molar-refractivity contribution in [3.63, 3.8) is 0 Å². The van der Waals surface area contributed by atoms with Crippen LogP contribution in [-0.4, -0.2) is 41.2 Å². The van der Waals surface area contributed by atoms with E-state index in [0.717, 1.165) is 38.3 Å². The normalized spacial score (nSPS) is 15.5.